The Hall–Kier alpha value is -2.77. The summed E-state index contributed by atoms with van der Waals surface area (Å²) in [6, 6.07) is 3.54. The second kappa shape index (κ2) is 8.02. The first-order chi connectivity index (χ1) is 11.0. The van der Waals surface area contributed by atoms with E-state index >= 15 is 0 Å². The maximum Gasteiger partial charge on any atom is 0.238 e. The molecule has 2 amide bonds. The van der Waals surface area contributed by atoms with E-state index in [9.17, 15) is 9.59 Å². The zero-order valence-corrected chi connectivity index (χ0v) is 13.1. The molecule has 0 atom stereocenters. The average Bonchev–Trinajstić information content (AvgIpc) is 3.00. The molecule has 2 aromatic heterocycles. The molecule has 0 fully saturated rings. The maximum atomic E-state index is 11.7. The van der Waals surface area contributed by atoms with Crippen LogP contribution < -0.4 is 10.9 Å². The molecule has 2 heterocycles. The maximum absolute atomic E-state index is 11.7. The molecule has 0 aromatic carbocycles. The Labute approximate surface area is 133 Å². The van der Waals surface area contributed by atoms with E-state index in [4.69, 9.17) is 4.52 Å². The number of nitrogens with zero attached hydrogens (tertiary/aromatic N) is 3. The van der Waals surface area contributed by atoms with Gasteiger partial charge in [0.1, 0.15) is 0 Å². The summed E-state index contributed by atoms with van der Waals surface area (Å²) in [5.74, 6) is 0.516. The molecule has 2 rings (SSSR count). The zero-order valence-electron chi connectivity index (χ0n) is 13.1. The molecule has 0 spiro atoms. The van der Waals surface area contributed by atoms with Crippen LogP contribution in [-0.2, 0) is 16.0 Å². The molecule has 8 nitrogen and oxygen atoms in total. The molecule has 0 radical (unpaired) electrons. The molecule has 0 aliphatic carbocycles. The van der Waals surface area contributed by atoms with Gasteiger partial charge in [-0.25, -0.2) is 0 Å². The van der Waals surface area contributed by atoms with Gasteiger partial charge in [-0.1, -0.05) is 19.0 Å². The largest absolute Gasteiger partial charge is 0.339 e. The number of amides is 2. The monoisotopic (exact) mass is 317 g/mol. The number of nitrogens with one attached hydrogen (secondary N) is 2. The van der Waals surface area contributed by atoms with Crippen LogP contribution in [0.3, 0.4) is 0 Å². The Morgan fingerprint density at radius 3 is 2.57 bits per heavy atom. The van der Waals surface area contributed by atoms with Crippen molar-refractivity contribution in [3.05, 3.63) is 30.4 Å². The van der Waals surface area contributed by atoms with E-state index in [0.29, 0.717) is 24.6 Å². The summed E-state index contributed by atoms with van der Waals surface area (Å²) in [6.45, 7) is 3.86. The Morgan fingerprint density at radius 2 is 1.87 bits per heavy atom. The number of hydrazine groups is 1. The fraction of sp³-hybridized carbons (Fsp3) is 0.400. The van der Waals surface area contributed by atoms with E-state index in [1.54, 1.807) is 24.5 Å². The summed E-state index contributed by atoms with van der Waals surface area (Å²) in [5, 5.41) is 3.86. The van der Waals surface area contributed by atoms with E-state index in [-0.39, 0.29) is 24.2 Å². The number of aromatic nitrogens is 3. The van der Waals surface area contributed by atoms with Crippen molar-refractivity contribution < 1.29 is 14.1 Å². The van der Waals surface area contributed by atoms with E-state index < -0.39 is 0 Å². The van der Waals surface area contributed by atoms with Crippen molar-refractivity contribution in [3.63, 3.8) is 0 Å². The number of pyridine rings is 1. The Kier molecular flexibility index (Phi) is 5.79. The highest BCUT2D eigenvalue weighted by molar-refractivity contribution is 5.82. The predicted molar refractivity (Wildman–Crippen MR) is 81.6 cm³/mol. The normalized spacial score (nSPS) is 10.6. The van der Waals surface area contributed by atoms with Crippen molar-refractivity contribution >= 4 is 11.8 Å². The first kappa shape index (κ1) is 16.6. The molecule has 23 heavy (non-hydrogen) atoms. The van der Waals surface area contributed by atoms with Gasteiger partial charge in [-0.15, -0.1) is 0 Å². The minimum Gasteiger partial charge on any atom is -0.339 e. The van der Waals surface area contributed by atoms with Crippen LogP contribution >= 0.6 is 0 Å². The van der Waals surface area contributed by atoms with Crippen molar-refractivity contribution in [3.8, 4) is 11.4 Å². The lowest BCUT2D eigenvalue weighted by atomic mass is 10.1. The topological polar surface area (TPSA) is 110 Å². The number of hydrogen-bond donors (Lipinski definition) is 2. The molecular formula is C15H19N5O3. The zero-order chi connectivity index (χ0) is 16.7. The standard InChI is InChI=1S/C15H19N5O3/c1-10(2)9-13(22)19-18-12(21)3-4-14-17-15(20-23-14)11-5-7-16-8-6-11/h5-8,10H,3-4,9H2,1-2H3,(H,18,21)(H,19,22). The van der Waals surface area contributed by atoms with Gasteiger partial charge in [0.25, 0.3) is 0 Å². The van der Waals surface area contributed by atoms with Crippen LogP contribution in [0, 0.1) is 5.92 Å². The lowest BCUT2D eigenvalue weighted by Crippen LogP contribution is -2.42. The van der Waals surface area contributed by atoms with Crippen LogP contribution in [-0.4, -0.2) is 26.9 Å². The summed E-state index contributed by atoms with van der Waals surface area (Å²) < 4.78 is 5.10. The third-order valence-corrected chi connectivity index (χ3v) is 2.91. The van der Waals surface area contributed by atoms with Crippen molar-refractivity contribution in [2.75, 3.05) is 0 Å². The quantitative estimate of drug-likeness (QED) is 0.776. The Morgan fingerprint density at radius 1 is 1.17 bits per heavy atom. The van der Waals surface area contributed by atoms with Gasteiger partial charge in [0.15, 0.2) is 0 Å². The Balaban J connectivity index is 1.77. The molecule has 122 valence electrons. The van der Waals surface area contributed by atoms with Gasteiger partial charge >= 0.3 is 0 Å². The predicted octanol–water partition coefficient (Wildman–Crippen LogP) is 1.26. The highest BCUT2D eigenvalue weighted by Crippen LogP contribution is 2.14. The number of aryl methyl sites for hydroxylation is 1. The highest BCUT2D eigenvalue weighted by Gasteiger charge is 2.11. The second-order valence-electron chi connectivity index (χ2n) is 5.44. The first-order valence-corrected chi connectivity index (χ1v) is 7.35. The lowest BCUT2D eigenvalue weighted by molar-refractivity contribution is -0.129. The number of hydrogen-bond acceptors (Lipinski definition) is 6. The van der Waals surface area contributed by atoms with Crippen molar-refractivity contribution in [2.45, 2.75) is 33.1 Å². The van der Waals surface area contributed by atoms with Gasteiger partial charge in [-0.2, -0.15) is 4.98 Å². The minimum absolute atomic E-state index is 0.139. The fourth-order valence-electron chi connectivity index (χ4n) is 1.82. The molecule has 0 saturated carbocycles. The van der Waals surface area contributed by atoms with Gasteiger partial charge in [-0.05, 0) is 18.1 Å². The molecule has 0 aliphatic heterocycles. The number of carbonyl (C=O) groups is 2. The third-order valence-electron chi connectivity index (χ3n) is 2.91. The Bertz CT molecular complexity index is 654. The molecule has 2 aromatic rings. The van der Waals surface area contributed by atoms with Gasteiger partial charge in [0.2, 0.25) is 23.5 Å². The first-order valence-electron chi connectivity index (χ1n) is 7.35. The minimum atomic E-state index is -0.314. The van der Waals surface area contributed by atoms with Crippen LogP contribution in [0.5, 0.6) is 0 Å². The molecule has 2 N–H and O–H groups in total. The van der Waals surface area contributed by atoms with Gasteiger partial charge in [-0.3, -0.25) is 25.4 Å². The van der Waals surface area contributed by atoms with E-state index in [2.05, 4.69) is 26.0 Å². The second-order valence-corrected chi connectivity index (χ2v) is 5.44. The third kappa shape index (κ3) is 5.50. The molecule has 8 heteroatoms. The number of rotatable bonds is 6. The number of carbonyl (C=O) groups excluding carboxylic acids is 2. The SMILES string of the molecule is CC(C)CC(=O)NNC(=O)CCc1nc(-c2ccncc2)no1. The van der Waals surface area contributed by atoms with Gasteiger partial charge in [0, 0.05) is 37.2 Å². The summed E-state index contributed by atoms with van der Waals surface area (Å²) in [4.78, 5) is 31.2. The van der Waals surface area contributed by atoms with Crippen molar-refractivity contribution in [2.24, 2.45) is 5.92 Å². The van der Waals surface area contributed by atoms with Gasteiger partial charge in [0.05, 0.1) is 0 Å². The van der Waals surface area contributed by atoms with E-state index in [1.165, 1.54) is 0 Å². The van der Waals surface area contributed by atoms with Crippen LogP contribution in [0.25, 0.3) is 11.4 Å². The van der Waals surface area contributed by atoms with E-state index in [0.717, 1.165) is 5.56 Å². The molecule has 0 aliphatic rings. The van der Waals surface area contributed by atoms with Crippen molar-refractivity contribution in [1.29, 1.82) is 0 Å². The molecule has 0 saturated heterocycles. The highest BCUT2D eigenvalue weighted by atomic mass is 16.5. The average molecular weight is 317 g/mol. The van der Waals surface area contributed by atoms with Crippen LogP contribution in [0.4, 0.5) is 0 Å². The van der Waals surface area contributed by atoms with Gasteiger partial charge < -0.3 is 4.52 Å². The summed E-state index contributed by atoms with van der Waals surface area (Å²) in [7, 11) is 0. The smallest absolute Gasteiger partial charge is 0.238 e. The molecule has 0 unspecified atom stereocenters. The summed E-state index contributed by atoms with van der Waals surface area (Å²) in [5.41, 5.74) is 5.52. The van der Waals surface area contributed by atoms with E-state index in [1.807, 2.05) is 13.8 Å². The van der Waals surface area contributed by atoms with Crippen LogP contribution in [0.15, 0.2) is 29.0 Å². The van der Waals surface area contributed by atoms with Crippen molar-refractivity contribution in [1.82, 2.24) is 26.0 Å². The van der Waals surface area contributed by atoms with Crippen LogP contribution in [0.2, 0.25) is 0 Å². The van der Waals surface area contributed by atoms with Crippen LogP contribution in [0.1, 0.15) is 32.6 Å². The summed E-state index contributed by atoms with van der Waals surface area (Å²) >= 11 is 0. The summed E-state index contributed by atoms with van der Waals surface area (Å²) in [6.07, 6.45) is 4.07. The lowest BCUT2D eigenvalue weighted by Gasteiger charge is -2.07. The fourth-order valence-corrected chi connectivity index (χ4v) is 1.82. The molecule has 0 bridgehead atoms. The molecular weight excluding hydrogens is 298 g/mol.